The molecular weight excluding hydrogens is 228 g/mol. The highest BCUT2D eigenvalue weighted by molar-refractivity contribution is 6.06. The fourth-order valence-electron chi connectivity index (χ4n) is 1.64. The Kier molecular flexibility index (Phi) is 4.48. The normalized spacial score (nSPS) is 12.3. The molecule has 1 amide bonds. The standard InChI is InChI=1S/C14H20N2O2/c1-10(16-18)11-7-5-6-8-12(11)15-13(17)9-14(2,3)4/h5-8,18H,9H2,1-4H3,(H,15,17)/b16-10+. The summed E-state index contributed by atoms with van der Waals surface area (Å²) in [5.41, 5.74) is 1.81. The van der Waals surface area contributed by atoms with E-state index in [9.17, 15) is 4.79 Å². The topological polar surface area (TPSA) is 61.7 Å². The summed E-state index contributed by atoms with van der Waals surface area (Å²) in [4.78, 5) is 11.9. The summed E-state index contributed by atoms with van der Waals surface area (Å²) in [7, 11) is 0. The van der Waals surface area contributed by atoms with Crippen LogP contribution in [0.3, 0.4) is 0 Å². The van der Waals surface area contributed by atoms with E-state index >= 15 is 0 Å². The van der Waals surface area contributed by atoms with Crippen molar-refractivity contribution in [1.82, 2.24) is 0 Å². The van der Waals surface area contributed by atoms with E-state index in [1.807, 2.05) is 39.0 Å². The third-order valence-electron chi connectivity index (χ3n) is 2.43. The zero-order chi connectivity index (χ0) is 13.8. The number of hydrogen-bond donors (Lipinski definition) is 2. The molecule has 0 heterocycles. The first-order valence-corrected chi connectivity index (χ1v) is 5.91. The lowest BCUT2D eigenvalue weighted by atomic mass is 9.92. The van der Waals surface area contributed by atoms with E-state index in [4.69, 9.17) is 5.21 Å². The zero-order valence-electron chi connectivity index (χ0n) is 11.3. The van der Waals surface area contributed by atoms with Gasteiger partial charge in [0.15, 0.2) is 0 Å². The van der Waals surface area contributed by atoms with Gasteiger partial charge in [0.2, 0.25) is 5.91 Å². The summed E-state index contributed by atoms with van der Waals surface area (Å²) in [5, 5.41) is 14.8. The smallest absolute Gasteiger partial charge is 0.224 e. The molecule has 0 spiro atoms. The van der Waals surface area contributed by atoms with Crippen LogP contribution in [0.25, 0.3) is 0 Å². The van der Waals surface area contributed by atoms with Crippen molar-refractivity contribution in [1.29, 1.82) is 0 Å². The van der Waals surface area contributed by atoms with Crippen LogP contribution in [0, 0.1) is 5.41 Å². The molecule has 98 valence electrons. The van der Waals surface area contributed by atoms with Crippen molar-refractivity contribution in [3.8, 4) is 0 Å². The van der Waals surface area contributed by atoms with Crippen molar-refractivity contribution in [2.45, 2.75) is 34.1 Å². The van der Waals surface area contributed by atoms with Gasteiger partial charge in [0.05, 0.1) is 5.71 Å². The zero-order valence-corrected chi connectivity index (χ0v) is 11.3. The number of amides is 1. The lowest BCUT2D eigenvalue weighted by Gasteiger charge is -2.18. The van der Waals surface area contributed by atoms with Crippen molar-refractivity contribution in [2.24, 2.45) is 10.6 Å². The van der Waals surface area contributed by atoms with Crippen molar-refractivity contribution in [2.75, 3.05) is 5.32 Å². The minimum absolute atomic E-state index is 0.0410. The largest absolute Gasteiger partial charge is 0.411 e. The van der Waals surface area contributed by atoms with Gasteiger partial charge in [0.1, 0.15) is 0 Å². The molecule has 0 aromatic heterocycles. The van der Waals surface area contributed by atoms with Gasteiger partial charge in [0.25, 0.3) is 0 Å². The van der Waals surface area contributed by atoms with Crippen molar-refractivity contribution in [3.05, 3.63) is 29.8 Å². The van der Waals surface area contributed by atoms with E-state index < -0.39 is 0 Å². The summed E-state index contributed by atoms with van der Waals surface area (Å²) >= 11 is 0. The molecule has 0 aliphatic heterocycles. The van der Waals surface area contributed by atoms with Gasteiger partial charge in [-0.1, -0.05) is 44.1 Å². The highest BCUT2D eigenvalue weighted by Crippen LogP contribution is 2.21. The van der Waals surface area contributed by atoms with Crippen LogP contribution < -0.4 is 5.32 Å². The monoisotopic (exact) mass is 248 g/mol. The second-order valence-electron chi connectivity index (χ2n) is 5.52. The number of hydrogen-bond acceptors (Lipinski definition) is 3. The molecule has 0 bridgehead atoms. The summed E-state index contributed by atoms with van der Waals surface area (Å²) in [6.45, 7) is 7.73. The van der Waals surface area contributed by atoms with E-state index in [1.165, 1.54) is 0 Å². The number of nitrogens with one attached hydrogen (secondary N) is 1. The number of benzene rings is 1. The first kappa shape index (κ1) is 14.2. The minimum atomic E-state index is -0.0564. The number of anilines is 1. The molecule has 18 heavy (non-hydrogen) atoms. The third-order valence-corrected chi connectivity index (χ3v) is 2.43. The predicted molar refractivity (Wildman–Crippen MR) is 73.1 cm³/mol. The Hall–Kier alpha value is -1.84. The van der Waals surface area contributed by atoms with Crippen LogP contribution in [-0.2, 0) is 4.79 Å². The van der Waals surface area contributed by atoms with Gasteiger partial charge >= 0.3 is 0 Å². The summed E-state index contributed by atoms with van der Waals surface area (Å²) in [6, 6.07) is 7.27. The highest BCUT2D eigenvalue weighted by Gasteiger charge is 2.17. The van der Waals surface area contributed by atoms with Crippen molar-refractivity contribution in [3.63, 3.8) is 0 Å². The maximum Gasteiger partial charge on any atom is 0.224 e. The van der Waals surface area contributed by atoms with E-state index in [-0.39, 0.29) is 11.3 Å². The van der Waals surface area contributed by atoms with E-state index in [0.29, 0.717) is 17.8 Å². The molecule has 0 aliphatic rings. The molecule has 0 fully saturated rings. The molecule has 1 rings (SSSR count). The van der Waals surface area contributed by atoms with Crippen LogP contribution in [0.1, 0.15) is 39.7 Å². The molecule has 1 aromatic carbocycles. The lowest BCUT2D eigenvalue weighted by molar-refractivity contribution is -0.117. The van der Waals surface area contributed by atoms with Gasteiger partial charge in [-0.3, -0.25) is 4.79 Å². The highest BCUT2D eigenvalue weighted by atomic mass is 16.4. The molecule has 4 nitrogen and oxygen atoms in total. The molecule has 1 aromatic rings. The average molecular weight is 248 g/mol. The first-order valence-electron chi connectivity index (χ1n) is 5.91. The van der Waals surface area contributed by atoms with Gasteiger partial charge in [-0.05, 0) is 18.4 Å². The van der Waals surface area contributed by atoms with Crippen molar-refractivity contribution >= 4 is 17.3 Å². The second-order valence-corrected chi connectivity index (χ2v) is 5.52. The van der Waals surface area contributed by atoms with Gasteiger partial charge in [-0.25, -0.2) is 0 Å². The van der Waals surface area contributed by atoms with Crippen LogP contribution in [0.2, 0.25) is 0 Å². The average Bonchev–Trinajstić information content (AvgIpc) is 2.26. The minimum Gasteiger partial charge on any atom is -0.411 e. The Morgan fingerprint density at radius 2 is 1.94 bits per heavy atom. The number of para-hydroxylation sites is 1. The third kappa shape index (κ3) is 4.20. The molecule has 2 N–H and O–H groups in total. The lowest BCUT2D eigenvalue weighted by Crippen LogP contribution is -2.20. The second kappa shape index (κ2) is 5.67. The van der Waals surface area contributed by atoms with Gasteiger partial charge in [0, 0.05) is 17.7 Å². The van der Waals surface area contributed by atoms with E-state index in [1.54, 1.807) is 13.0 Å². The Morgan fingerprint density at radius 1 is 1.33 bits per heavy atom. The van der Waals surface area contributed by atoms with E-state index in [2.05, 4.69) is 10.5 Å². The summed E-state index contributed by atoms with van der Waals surface area (Å²) < 4.78 is 0. The molecule has 0 saturated heterocycles. The Bertz CT molecular complexity index is 459. The number of nitrogens with zero attached hydrogens (tertiary/aromatic N) is 1. The quantitative estimate of drug-likeness (QED) is 0.490. The maximum atomic E-state index is 11.9. The molecule has 0 radical (unpaired) electrons. The van der Waals surface area contributed by atoms with Crippen LogP contribution in [0.15, 0.2) is 29.4 Å². The molecule has 0 aliphatic carbocycles. The summed E-state index contributed by atoms with van der Waals surface area (Å²) in [5.74, 6) is -0.0410. The number of oxime groups is 1. The van der Waals surface area contributed by atoms with Gasteiger partial charge in [-0.2, -0.15) is 0 Å². The van der Waals surface area contributed by atoms with Crippen LogP contribution in [0.5, 0.6) is 0 Å². The number of carbonyl (C=O) groups is 1. The number of carbonyl (C=O) groups excluding carboxylic acids is 1. The van der Waals surface area contributed by atoms with Gasteiger partial charge < -0.3 is 10.5 Å². The Morgan fingerprint density at radius 3 is 2.50 bits per heavy atom. The van der Waals surface area contributed by atoms with Crippen molar-refractivity contribution < 1.29 is 10.0 Å². The van der Waals surface area contributed by atoms with Crippen LogP contribution in [0.4, 0.5) is 5.69 Å². The Labute approximate surface area is 108 Å². The fourth-order valence-corrected chi connectivity index (χ4v) is 1.64. The van der Waals surface area contributed by atoms with Gasteiger partial charge in [-0.15, -0.1) is 0 Å². The first-order chi connectivity index (χ1) is 8.33. The summed E-state index contributed by atoms with van der Waals surface area (Å²) in [6.07, 6.45) is 0.441. The SMILES string of the molecule is C/C(=N\O)c1ccccc1NC(=O)CC(C)(C)C. The van der Waals surface area contributed by atoms with E-state index in [0.717, 1.165) is 5.56 Å². The molecular formula is C14H20N2O2. The number of rotatable bonds is 3. The Balaban J connectivity index is 2.88. The molecule has 0 atom stereocenters. The van der Waals surface area contributed by atoms with Crippen LogP contribution in [-0.4, -0.2) is 16.8 Å². The molecule has 4 heteroatoms. The molecule has 0 saturated carbocycles. The fraction of sp³-hybridized carbons (Fsp3) is 0.429. The predicted octanol–water partition coefficient (Wildman–Crippen LogP) is 3.26. The molecule has 0 unspecified atom stereocenters. The maximum absolute atomic E-state index is 11.9. The van der Waals surface area contributed by atoms with Crippen LogP contribution >= 0.6 is 0 Å².